The van der Waals surface area contributed by atoms with Crippen LogP contribution in [0.2, 0.25) is 25.7 Å². The summed E-state index contributed by atoms with van der Waals surface area (Å²) in [4.78, 5) is 13.3. The summed E-state index contributed by atoms with van der Waals surface area (Å²) in [5.74, 6) is -0.00454. The molecule has 2 rings (SSSR count). The van der Waals surface area contributed by atoms with Crippen molar-refractivity contribution in [3.63, 3.8) is 0 Å². The maximum atomic E-state index is 13.4. The Bertz CT molecular complexity index is 606. The fourth-order valence-electron chi connectivity index (χ4n) is 3.81. The standard InChI is InChI=1S/C20H32O3SSi/c1-6-23-20(21)18-9-7-8-17(18)19(14-25(3,4)5)24(22)16-12-10-15(2)11-13-16/h10-13,17-19H,6-9,14H2,1-5H3/t17-,18+,19-,24?/m0/s1. The van der Waals surface area contributed by atoms with E-state index in [-0.39, 0.29) is 23.1 Å². The molecule has 3 nitrogen and oxygen atoms in total. The van der Waals surface area contributed by atoms with Gasteiger partial charge in [-0.3, -0.25) is 9.00 Å². The summed E-state index contributed by atoms with van der Waals surface area (Å²) in [5.41, 5.74) is 1.17. The van der Waals surface area contributed by atoms with E-state index in [1.165, 1.54) is 5.56 Å². The van der Waals surface area contributed by atoms with Gasteiger partial charge in [-0.2, -0.15) is 0 Å². The van der Waals surface area contributed by atoms with Crippen molar-refractivity contribution in [2.75, 3.05) is 6.61 Å². The van der Waals surface area contributed by atoms with Crippen LogP contribution < -0.4 is 0 Å². The van der Waals surface area contributed by atoms with Crippen LogP contribution in [0.25, 0.3) is 0 Å². The fraction of sp³-hybridized carbons (Fsp3) is 0.650. The number of carbonyl (C=O) groups excluding carboxylic acids is 1. The zero-order valence-electron chi connectivity index (χ0n) is 16.2. The van der Waals surface area contributed by atoms with Gasteiger partial charge in [-0.15, -0.1) is 0 Å². The van der Waals surface area contributed by atoms with Crippen molar-refractivity contribution < 1.29 is 13.7 Å². The van der Waals surface area contributed by atoms with Crippen molar-refractivity contribution in [3.8, 4) is 0 Å². The van der Waals surface area contributed by atoms with Crippen molar-refractivity contribution in [1.82, 2.24) is 0 Å². The molecule has 0 N–H and O–H groups in total. The summed E-state index contributed by atoms with van der Waals surface area (Å²) in [6, 6.07) is 8.99. The lowest BCUT2D eigenvalue weighted by molar-refractivity contribution is -0.149. The minimum atomic E-state index is -1.42. The molecule has 0 amide bonds. The van der Waals surface area contributed by atoms with Gasteiger partial charge in [0, 0.05) is 18.2 Å². The van der Waals surface area contributed by atoms with Gasteiger partial charge in [-0.25, -0.2) is 0 Å². The highest BCUT2D eigenvalue weighted by Gasteiger charge is 2.43. The van der Waals surface area contributed by atoms with Crippen LogP contribution in [0.15, 0.2) is 29.2 Å². The average molecular weight is 381 g/mol. The number of aryl methyl sites for hydroxylation is 1. The van der Waals surface area contributed by atoms with E-state index in [4.69, 9.17) is 4.74 Å². The quantitative estimate of drug-likeness (QED) is 0.504. The van der Waals surface area contributed by atoms with E-state index >= 15 is 0 Å². The van der Waals surface area contributed by atoms with Crippen molar-refractivity contribution in [3.05, 3.63) is 29.8 Å². The molecule has 1 fully saturated rings. The molecule has 1 aromatic rings. The predicted octanol–water partition coefficient (Wildman–Crippen LogP) is 4.79. The van der Waals surface area contributed by atoms with E-state index in [0.717, 1.165) is 30.2 Å². The summed E-state index contributed by atoms with van der Waals surface area (Å²) in [6.45, 7) is 11.3. The Morgan fingerprint density at radius 3 is 2.44 bits per heavy atom. The molecular weight excluding hydrogens is 348 g/mol. The van der Waals surface area contributed by atoms with Gasteiger partial charge < -0.3 is 4.74 Å². The smallest absolute Gasteiger partial charge is 0.309 e. The molecule has 0 bridgehead atoms. The molecule has 0 saturated heterocycles. The molecule has 1 unspecified atom stereocenters. The Labute approximate surface area is 156 Å². The van der Waals surface area contributed by atoms with Crippen molar-refractivity contribution in [2.24, 2.45) is 11.8 Å². The van der Waals surface area contributed by atoms with Crippen LogP contribution in [0.4, 0.5) is 0 Å². The lowest BCUT2D eigenvalue weighted by Crippen LogP contribution is -2.38. The van der Waals surface area contributed by atoms with Crippen LogP contribution in [-0.2, 0) is 20.3 Å². The van der Waals surface area contributed by atoms with Gasteiger partial charge in [-0.05, 0) is 50.8 Å². The molecule has 0 aliphatic heterocycles. The number of carbonyl (C=O) groups is 1. The van der Waals surface area contributed by atoms with Gasteiger partial charge >= 0.3 is 5.97 Å². The Hall–Kier alpha value is -0.943. The molecule has 140 valence electrons. The third kappa shape index (κ3) is 5.51. The van der Waals surface area contributed by atoms with Crippen LogP contribution in [0, 0.1) is 18.8 Å². The van der Waals surface area contributed by atoms with E-state index in [1.807, 2.05) is 38.1 Å². The second kappa shape index (κ2) is 8.63. The average Bonchev–Trinajstić information content (AvgIpc) is 3.01. The van der Waals surface area contributed by atoms with Crippen molar-refractivity contribution in [1.29, 1.82) is 0 Å². The molecule has 1 saturated carbocycles. The first-order chi connectivity index (χ1) is 11.7. The Balaban J connectivity index is 2.30. The third-order valence-corrected chi connectivity index (χ3v) is 8.74. The molecule has 5 heteroatoms. The van der Waals surface area contributed by atoms with Crippen molar-refractivity contribution in [2.45, 2.75) is 68.9 Å². The van der Waals surface area contributed by atoms with E-state index in [9.17, 15) is 9.00 Å². The van der Waals surface area contributed by atoms with Gasteiger partial charge in [0.2, 0.25) is 0 Å². The number of ether oxygens (including phenoxy) is 1. The molecule has 25 heavy (non-hydrogen) atoms. The lowest BCUT2D eigenvalue weighted by Gasteiger charge is -2.31. The monoisotopic (exact) mass is 380 g/mol. The Kier molecular flexibility index (Phi) is 7.03. The van der Waals surface area contributed by atoms with E-state index in [1.54, 1.807) is 0 Å². The minimum absolute atomic E-state index is 0.0475. The van der Waals surface area contributed by atoms with Gasteiger partial charge in [-0.1, -0.05) is 43.8 Å². The Morgan fingerprint density at radius 2 is 1.88 bits per heavy atom. The van der Waals surface area contributed by atoms with Gasteiger partial charge in [0.15, 0.2) is 0 Å². The zero-order chi connectivity index (χ0) is 18.6. The highest BCUT2D eigenvalue weighted by atomic mass is 32.2. The fourth-order valence-corrected chi connectivity index (χ4v) is 8.82. The van der Waals surface area contributed by atoms with Crippen LogP contribution in [0.3, 0.4) is 0 Å². The molecule has 0 aromatic heterocycles. The maximum absolute atomic E-state index is 13.4. The summed E-state index contributed by atoms with van der Waals surface area (Å²) >= 11 is 0. The molecule has 4 atom stereocenters. The van der Waals surface area contributed by atoms with Crippen LogP contribution in [0.1, 0.15) is 31.7 Å². The number of rotatable bonds is 7. The van der Waals surface area contributed by atoms with Gasteiger partial charge in [0.25, 0.3) is 0 Å². The molecule has 0 spiro atoms. The third-order valence-electron chi connectivity index (χ3n) is 4.98. The SMILES string of the molecule is CCOC(=O)[C@@H]1CCC[C@@H]1[C@H](C[Si](C)(C)C)S(=O)c1ccc(C)cc1. The summed E-state index contributed by atoms with van der Waals surface area (Å²) in [5, 5.41) is 0.0475. The molecular formula is C20H32O3SSi. The van der Waals surface area contributed by atoms with Crippen molar-refractivity contribution >= 4 is 24.8 Å². The molecule has 1 aromatic carbocycles. The summed E-state index contributed by atoms with van der Waals surface area (Å²) in [7, 11) is -2.50. The van der Waals surface area contributed by atoms with Crippen LogP contribution >= 0.6 is 0 Å². The first kappa shape index (κ1) is 20.4. The number of hydrogen-bond acceptors (Lipinski definition) is 3. The van der Waals surface area contributed by atoms with Crippen LogP contribution in [0.5, 0.6) is 0 Å². The van der Waals surface area contributed by atoms with E-state index in [0.29, 0.717) is 6.61 Å². The highest BCUT2D eigenvalue weighted by Crippen LogP contribution is 2.41. The van der Waals surface area contributed by atoms with E-state index in [2.05, 4.69) is 19.6 Å². The maximum Gasteiger partial charge on any atom is 0.309 e. The summed E-state index contributed by atoms with van der Waals surface area (Å²) in [6.07, 6.45) is 2.88. The van der Waals surface area contributed by atoms with E-state index < -0.39 is 18.9 Å². The lowest BCUT2D eigenvalue weighted by atomic mass is 9.93. The largest absolute Gasteiger partial charge is 0.466 e. The molecule has 0 heterocycles. The molecule has 0 radical (unpaired) electrons. The second-order valence-electron chi connectivity index (χ2n) is 8.37. The number of esters is 1. The first-order valence-corrected chi connectivity index (χ1v) is 14.3. The predicted molar refractivity (Wildman–Crippen MR) is 107 cm³/mol. The minimum Gasteiger partial charge on any atom is -0.466 e. The highest BCUT2D eigenvalue weighted by molar-refractivity contribution is 7.85. The van der Waals surface area contributed by atoms with Gasteiger partial charge in [0.1, 0.15) is 0 Å². The second-order valence-corrected chi connectivity index (χ2v) is 15.6. The molecule has 1 aliphatic carbocycles. The molecule has 1 aliphatic rings. The normalized spacial score (nSPS) is 23.2. The number of hydrogen-bond donors (Lipinski definition) is 0. The Morgan fingerprint density at radius 1 is 1.24 bits per heavy atom. The first-order valence-electron chi connectivity index (χ1n) is 9.37. The van der Waals surface area contributed by atoms with Gasteiger partial charge in [0.05, 0.1) is 23.3 Å². The van der Waals surface area contributed by atoms with Crippen LogP contribution in [-0.4, -0.2) is 30.1 Å². The number of benzene rings is 1. The topological polar surface area (TPSA) is 43.4 Å². The zero-order valence-corrected chi connectivity index (χ0v) is 18.0. The summed E-state index contributed by atoms with van der Waals surface area (Å²) < 4.78 is 18.7.